The maximum Gasteiger partial charge on any atom is 0.0379 e. The maximum atomic E-state index is 3.61. The standard InChI is InChI=1S/C18H20N2/c1-20-11-14-8-5-9-17-18(14)15(10-19-17)16(12-20)13-6-3-2-4-7-13/h2-9,15-16,19H,10-12H2,1H3/t15-,16+/m1/s1. The number of likely N-dealkylation sites (N-methyl/N-ethyl adjacent to an activating group) is 1. The zero-order valence-corrected chi connectivity index (χ0v) is 11.8. The van der Waals surface area contributed by atoms with Gasteiger partial charge in [-0.25, -0.2) is 0 Å². The van der Waals surface area contributed by atoms with Crippen molar-refractivity contribution in [2.75, 3.05) is 25.5 Å². The fourth-order valence-electron chi connectivity index (χ4n) is 3.86. The van der Waals surface area contributed by atoms with Crippen LogP contribution < -0.4 is 5.32 Å². The van der Waals surface area contributed by atoms with Gasteiger partial charge in [0, 0.05) is 37.2 Å². The maximum absolute atomic E-state index is 3.61. The molecule has 2 heteroatoms. The fourth-order valence-corrected chi connectivity index (χ4v) is 3.86. The first-order valence-corrected chi connectivity index (χ1v) is 7.42. The van der Waals surface area contributed by atoms with Gasteiger partial charge in [0.2, 0.25) is 0 Å². The van der Waals surface area contributed by atoms with E-state index in [1.165, 1.54) is 16.8 Å². The van der Waals surface area contributed by atoms with Crippen molar-refractivity contribution < 1.29 is 0 Å². The molecule has 2 aliphatic rings. The van der Waals surface area contributed by atoms with Crippen LogP contribution in [0.2, 0.25) is 0 Å². The molecule has 2 aliphatic heterocycles. The molecule has 102 valence electrons. The summed E-state index contributed by atoms with van der Waals surface area (Å²) in [5, 5.41) is 3.61. The molecule has 0 spiro atoms. The Labute approximate surface area is 120 Å². The van der Waals surface area contributed by atoms with Crippen molar-refractivity contribution in [1.29, 1.82) is 0 Å². The van der Waals surface area contributed by atoms with Gasteiger partial charge in [-0.1, -0.05) is 42.5 Å². The van der Waals surface area contributed by atoms with Crippen LogP contribution in [0, 0.1) is 0 Å². The average Bonchev–Trinajstić information content (AvgIpc) is 2.84. The van der Waals surface area contributed by atoms with E-state index >= 15 is 0 Å². The summed E-state index contributed by atoms with van der Waals surface area (Å²) in [5.74, 6) is 1.19. The molecule has 4 rings (SSSR count). The monoisotopic (exact) mass is 264 g/mol. The van der Waals surface area contributed by atoms with Gasteiger partial charge < -0.3 is 10.2 Å². The van der Waals surface area contributed by atoms with Gasteiger partial charge in [0.15, 0.2) is 0 Å². The lowest BCUT2D eigenvalue weighted by molar-refractivity contribution is 0.303. The Morgan fingerprint density at radius 1 is 1.00 bits per heavy atom. The first kappa shape index (κ1) is 12.0. The number of rotatable bonds is 1. The Morgan fingerprint density at radius 2 is 1.85 bits per heavy atom. The van der Waals surface area contributed by atoms with E-state index in [0.717, 1.165) is 19.6 Å². The van der Waals surface area contributed by atoms with Crippen LogP contribution in [0.25, 0.3) is 0 Å². The van der Waals surface area contributed by atoms with E-state index in [9.17, 15) is 0 Å². The second kappa shape index (κ2) is 4.64. The molecule has 0 saturated carbocycles. The van der Waals surface area contributed by atoms with Crippen LogP contribution in [0.3, 0.4) is 0 Å². The molecular formula is C18H20N2. The summed E-state index contributed by atoms with van der Waals surface area (Å²) in [6, 6.07) is 17.7. The van der Waals surface area contributed by atoms with E-state index in [-0.39, 0.29) is 0 Å². The minimum absolute atomic E-state index is 0.582. The normalized spacial score (nSPS) is 24.9. The highest BCUT2D eigenvalue weighted by Crippen LogP contribution is 2.45. The zero-order valence-electron chi connectivity index (χ0n) is 11.8. The summed E-state index contributed by atoms with van der Waals surface area (Å²) in [6.07, 6.45) is 0. The summed E-state index contributed by atoms with van der Waals surface area (Å²) < 4.78 is 0. The SMILES string of the molecule is CN1Cc2cccc3c2[C@H](CN3)[C@H](c2ccccc2)C1. The molecule has 0 aromatic heterocycles. The van der Waals surface area contributed by atoms with Crippen molar-refractivity contribution in [3.8, 4) is 0 Å². The molecule has 0 aliphatic carbocycles. The topological polar surface area (TPSA) is 15.3 Å². The summed E-state index contributed by atoms with van der Waals surface area (Å²) in [6.45, 7) is 3.26. The third-order valence-corrected chi connectivity index (χ3v) is 4.74. The summed E-state index contributed by atoms with van der Waals surface area (Å²) >= 11 is 0. The number of hydrogen-bond donors (Lipinski definition) is 1. The first-order chi connectivity index (χ1) is 9.83. The molecule has 0 saturated heterocycles. The quantitative estimate of drug-likeness (QED) is 0.849. The van der Waals surface area contributed by atoms with Crippen LogP contribution in [0.4, 0.5) is 5.69 Å². The molecule has 20 heavy (non-hydrogen) atoms. The Kier molecular flexibility index (Phi) is 2.78. The fraction of sp³-hybridized carbons (Fsp3) is 0.333. The molecule has 2 aromatic carbocycles. The molecule has 2 heterocycles. The summed E-state index contributed by atoms with van der Waals surface area (Å²) in [5.41, 5.74) is 5.88. The number of anilines is 1. The van der Waals surface area contributed by atoms with Crippen molar-refractivity contribution in [3.05, 3.63) is 65.2 Å². The highest BCUT2D eigenvalue weighted by molar-refractivity contribution is 5.62. The Morgan fingerprint density at radius 3 is 2.70 bits per heavy atom. The van der Waals surface area contributed by atoms with E-state index in [1.54, 1.807) is 5.56 Å². The van der Waals surface area contributed by atoms with Crippen LogP contribution in [0.5, 0.6) is 0 Å². The minimum atomic E-state index is 0.582. The van der Waals surface area contributed by atoms with Crippen LogP contribution in [0.15, 0.2) is 48.5 Å². The summed E-state index contributed by atoms with van der Waals surface area (Å²) in [4.78, 5) is 2.46. The third-order valence-electron chi connectivity index (χ3n) is 4.74. The number of nitrogens with one attached hydrogen (secondary N) is 1. The summed E-state index contributed by atoms with van der Waals surface area (Å²) in [7, 11) is 2.24. The lowest BCUT2D eigenvalue weighted by Crippen LogP contribution is -2.25. The molecule has 0 unspecified atom stereocenters. The largest absolute Gasteiger partial charge is 0.384 e. The van der Waals surface area contributed by atoms with Gasteiger partial charge in [-0.2, -0.15) is 0 Å². The van der Waals surface area contributed by atoms with Crippen molar-refractivity contribution in [1.82, 2.24) is 4.90 Å². The highest BCUT2D eigenvalue weighted by Gasteiger charge is 2.35. The average molecular weight is 264 g/mol. The molecule has 0 bridgehead atoms. The molecule has 2 aromatic rings. The molecule has 0 fully saturated rings. The molecular weight excluding hydrogens is 244 g/mol. The van der Waals surface area contributed by atoms with Gasteiger partial charge >= 0.3 is 0 Å². The van der Waals surface area contributed by atoms with E-state index < -0.39 is 0 Å². The second-order valence-electron chi connectivity index (χ2n) is 6.08. The predicted octanol–water partition coefficient (Wildman–Crippen LogP) is 3.42. The van der Waals surface area contributed by atoms with Crippen LogP contribution in [-0.4, -0.2) is 25.0 Å². The lowest BCUT2D eigenvalue weighted by Gasteiger charge is -2.25. The smallest absolute Gasteiger partial charge is 0.0379 e. The van der Waals surface area contributed by atoms with Crippen molar-refractivity contribution in [2.45, 2.75) is 18.4 Å². The Balaban J connectivity index is 1.83. The van der Waals surface area contributed by atoms with E-state index in [4.69, 9.17) is 0 Å². The second-order valence-corrected chi connectivity index (χ2v) is 6.08. The Bertz CT molecular complexity index is 621. The Hall–Kier alpha value is -1.80. The first-order valence-electron chi connectivity index (χ1n) is 7.42. The molecule has 2 nitrogen and oxygen atoms in total. The van der Waals surface area contributed by atoms with Gasteiger partial charge in [0.1, 0.15) is 0 Å². The molecule has 0 amide bonds. The van der Waals surface area contributed by atoms with Crippen LogP contribution >= 0.6 is 0 Å². The predicted molar refractivity (Wildman–Crippen MR) is 83.2 cm³/mol. The number of hydrogen-bond acceptors (Lipinski definition) is 2. The number of benzene rings is 2. The molecule has 2 atom stereocenters. The third kappa shape index (κ3) is 1.83. The van der Waals surface area contributed by atoms with Crippen molar-refractivity contribution in [2.24, 2.45) is 0 Å². The van der Waals surface area contributed by atoms with Crippen LogP contribution in [0.1, 0.15) is 28.5 Å². The molecule has 0 radical (unpaired) electrons. The number of nitrogens with zero attached hydrogens (tertiary/aromatic N) is 1. The van der Waals surface area contributed by atoms with E-state index in [1.807, 2.05) is 0 Å². The highest BCUT2D eigenvalue weighted by atomic mass is 15.1. The van der Waals surface area contributed by atoms with Crippen LogP contribution in [-0.2, 0) is 6.54 Å². The van der Waals surface area contributed by atoms with E-state index in [0.29, 0.717) is 11.8 Å². The lowest BCUT2D eigenvalue weighted by atomic mass is 9.82. The van der Waals surface area contributed by atoms with Gasteiger partial charge in [-0.15, -0.1) is 0 Å². The van der Waals surface area contributed by atoms with Crippen molar-refractivity contribution >= 4 is 5.69 Å². The van der Waals surface area contributed by atoms with Gasteiger partial charge in [0.25, 0.3) is 0 Å². The van der Waals surface area contributed by atoms with Gasteiger partial charge in [-0.05, 0) is 29.8 Å². The van der Waals surface area contributed by atoms with Gasteiger partial charge in [0.05, 0.1) is 0 Å². The molecule has 1 N–H and O–H groups in total. The van der Waals surface area contributed by atoms with E-state index in [2.05, 4.69) is 65.8 Å². The zero-order chi connectivity index (χ0) is 13.5. The van der Waals surface area contributed by atoms with Crippen molar-refractivity contribution in [3.63, 3.8) is 0 Å². The minimum Gasteiger partial charge on any atom is -0.384 e. The van der Waals surface area contributed by atoms with Gasteiger partial charge in [-0.3, -0.25) is 0 Å².